The molecule has 4 rings (SSSR count). The monoisotopic (exact) mass is 490 g/mol. The van der Waals surface area contributed by atoms with Gasteiger partial charge in [-0.05, 0) is 46.7 Å². The molecule has 4 nitrogen and oxygen atoms in total. The fraction of sp³-hybridized carbons (Fsp3) is 0.286. The standard InChI is InChI=1S/C28H31ClN4S/c1-28(2,3)23-14-12-22(13-15-23)20-34-27-32-31-26(19-30-25-11-7-10-24(29)18-25)33(27)17-16-21-8-5-4-6-9-21/h4-15,18,30H,16-17,19-20H2,1-3H3. The summed E-state index contributed by atoms with van der Waals surface area (Å²) >= 11 is 7.87. The van der Waals surface area contributed by atoms with Crippen LogP contribution in [0.3, 0.4) is 0 Å². The predicted octanol–water partition coefficient (Wildman–Crippen LogP) is 7.38. The van der Waals surface area contributed by atoms with Crippen LogP contribution in [0.2, 0.25) is 5.02 Å². The summed E-state index contributed by atoms with van der Waals surface area (Å²) in [6.07, 6.45) is 0.927. The predicted molar refractivity (Wildman–Crippen MR) is 144 cm³/mol. The number of benzene rings is 3. The van der Waals surface area contributed by atoms with E-state index in [1.807, 2.05) is 24.3 Å². The molecule has 34 heavy (non-hydrogen) atoms. The van der Waals surface area contributed by atoms with Crippen LogP contribution >= 0.6 is 23.4 Å². The van der Waals surface area contributed by atoms with Gasteiger partial charge in [0.1, 0.15) is 0 Å². The summed E-state index contributed by atoms with van der Waals surface area (Å²) in [6.45, 7) is 8.14. The zero-order valence-corrected chi connectivity index (χ0v) is 21.5. The molecule has 4 aromatic rings. The van der Waals surface area contributed by atoms with Crippen LogP contribution in [-0.4, -0.2) is 14.8 Å². The Bertz CT molecular complexity index is 1200. The Kier molecular flexibility index (Phi) is 7.96. The fourth-order valence-electron chi connectivity index (χ4n) is 3.70. The number of anilines is 1. The van der Waals surface area contributed by atoms with Crippen LogP contribution in [0.5, 0.6) is 0 Å². The molecular formula is C28H31ClN4S. The van der Waals surface area contributed by atoms with E-state index in [1.54, 1.807) is 11.8 Å². The van der Waals surface area contributed by atoms with E-state index in [0.717, 1.165) is 35.4 Å². The molecule has 0 aliphatic heterocycles. The van der Waals surface area contributed by atoms with Gasteiger partial charge in [-0.1, -0.05) is 105 Å². The highest BCUT2D eigenvalue weighted by atomic mass is 35.5. The first-order valence-corrected chi connectivity index (χ1v) is 12.9. The molecule has 1 heterocycles. The lowest BCUT2D eigenvalue weighted by atomic mass is 9.87. The molecule has 0 aliphatic carbocycles. The van der Waals surface area contributed by atoms with E-state index in [0.29, 0.717) is 11.6 Å². The van der Waals surface area contributed by atoms with E-state index < -0.39 is 0 Å². The Hall–Kier alpha value is -2.76. The number of aromatic nitrogens is 3. The average molecular weight is 491 g/mol. The van der Waals surface area contributed by atoms with Crippen molar-refractivity contribution in [1.82, 2.24) is 14.8 Å². The van der Waals surface area contributed by atoms with E-state index in [4.69, 9.17) is 11.6 Å². The number of nitrogens with one attached hydrogen (secondary N) is 1. The summed E-state index contributed by atoms with van der Waals surface area (Å²) in [5, 5.41) is 14.1. The Morgan fingerprint density at radius 3 is 2.35 bits per heavy atom. The van der Waals surface area contributed by atoms with E-state index in [2.05, 4.69) is 95.4 Å². The Labute approximate surface area is 211 Å². The number of thioether (sulfide) groups is 1. The van der Waals surface area contributed by atoms with Crippen molar-refractivity contribution in [2.24, 2.45) is 0 Å². The van der Waals surface area contributed by atoms with Crippen LogP contribution in [0.1, 0.15) is 43.3 Å². The van der Waals surface area contributed by atoms with Gasteiger partial charge in [-0.15, -0.1) is 10.2 Å². The van der Waals surface area contributed by atoms with Crippen molar-refractivity contribution in [2.45, 2.75) is 56.6 Å². The SMILES string of the molecule is CC(C)(C)c1ccc(CSc2nnc(CNc3cccc(Cl)c3)n2CCc2ccccc2)cc1. The fourth-order valence-corrected chi connectivity index (χ4v) is 4.82. The third kappa shape index (κ3) is 6.64. The second-order valence-electron chi connectivity index (χ2n) is 9.39. The number of hydrogen-bond donors (Lipinski definition) is 1. The maximum atomic E-state index is 6.14. The lowest BCUT2D eigenvalue weighted by molar-refractivity contribution is 0.590. The molecule has 0 amide bonds. The summed E-state index contributed by atoms with van der Waals surface area (Å²) < 4.78 is 2.23. The molecule has 0 radical (unpaired) electrons. The van der Waals surface area contributed by atoms with Gasteiger partial charge in [0.25, 0.3) is 0 Å². The summed E-state index contributed by atoms with van der Waals surface area (Å²) in [6, 6.07) is 27.2. The van der Waals surface area contributed by atoms with Gasteiger partial charge >= 0.3 is 0 Å². The molecule has 1 N–H and O–H groups in total. The molecule has 0 saturated carbocycles. The van der Waals surface area contributed by atoms with E-state index in [1.165, 1.54) is 16.7 Å². The molecule has 0 spiro atoms. The zero-order chi connectivity index (χ0) is 24.0. The van der Waals surface area contributed by atoms with E-state index >= 15 is 0 Å². The molecule has 6 heteroatoms. The first-order chi connectivity index (χ1) is 16.4. The van der Waals surface area contributed by atoms with Crippen LogP contribution in [0.15, 0.2) is 84.0 Å². The number of rotatable bonds is 9. The second-order valence-corrected chi connectivity index (χ2v) is 10.8. The summed E-state index contributed by atoms with van der Waals surface area (Å²) in [5.74, 6) is 1.77. The average Bonchev–Trinajstić information content (AvgIpc) is 3.22. The molecule has 0 aliphatic rings. The Morgan fingerprint density at radius 2 is 1.65 bits per heavy atom. The molecule has 0 fully saturated rings. The van der Waals surface area contributed by atoms with Gasteiger partial charge in [0, 0.05) is 23.0 Å². The van der Waals surface area contributed by atoms with Crippen molar-refractivity contribution in [2.75, 3.05) is 5.32 Å². The van der Waals surface area contributed by atoms with Crippen molar-refractivity contribution >= 4 is 29.1 Å². The lowest BCUT2D eigenvalue weighted by Gasteiger charge is -2.19. The third-order valence-corrected chi connectivity index (χ3v) is 7.00. The largest absolute Gasteiger partial charge is 0.378 e. The van der Waals surface area contributed by atoms with Crippen molar-refractivity contribution in [1.29, 1.82) is 0 Å². The van der Waals surface area contributed by atoms with Crippen molar-refractivity contribution in [3.05, 3.63) is 106 Å². The maximum absolute atomic E-state index is 6.14. The molecule has 0 saturated heterocycles. The molecule has 176 valence electrons. The number of nitrogens with zero attached hydrogens (tertiary/aromatic N) is 3. The molecule has 0 atom stereocenters. The first kappa shape index (κ1) is 24.4. The highest BCUT2D eigenvalue weighted by molar-refractivity contribution is 7.98. The van der Waals surface area contributed by atoms with Gasteiger partial charge in [0.15, 0.2) is 11.0 Å². The molecule has 3 aromatic carbocycles. The van der Waals surface area contributed by atoms with Gasteiger partial charge in [-0.2, -0.15) is 0 Å². The van der Waals surface area contributed by atoms with Crippen LogP contribution in [0.4, 0.5) is 5.69 Å². The summed E-state index contributed by atoms with van der Waals surface area (Å²) in [5.41, 5.74) is 5.07. The maximum Gasteiger partial charge on any atom is 0.191 e. The molecule has 1 aromatic heterocycles. The van der Waals surface area contributed by atoms with Crippen molar-refractivity contribution < 1.29 is 0 Å². The van der Waals surface area contributed by atoms with Crippen LogP contribution < -0.4 is 5.32 Å². The Balaban J connectivity index is 1.48. The number of halogens is 1. The number of aryl methyl sites for hydroxylation is 1. The minimum Gasteiger partial charge on any atom is -0.378 e. The summed E-state index contributed by atoms with van der Waals surface area (Å²) in [4.78, 5) is 0. The lowest BCUT2D eigenvalue weighted by Crippen LogP contribution is -2.11. The topological polar surface area (TPSA) is 42.7 Å². The first-order valence-electron chi connectivity index (χ1n) is 11.6. The number of hydrogen-bond acceptors (Lipinski definition) is 4. The van der Waals surface area contributed by atoms with Gasteiger partial charge in [0.2, 0.25) is 0 Å². The van der Waals surface area contributed by atoms with Crippen molar-refractivity contribution in [3.8, 4) is 0 Å². The molecule has 0 unspecified atom stereocenters. The van der Waals surface area contributed by atoms with E-state index in [-0.39, 0.29) is 5.41 Å². The smallest absolute Gasteiger partial charge is 0.191 e. The van der Waals surface area contributed by atoms with E-state index in [9.17, 15) is 0 Å². The van der Waals surface area contributed by atoms with Crippen LogP contribution in [-0.2, 0) is 30.7 Å². The van der Waals surface area contributed by atoms with Gasteiger partial charge in [-0.3, -0.25) is 0 Å². The minimum atomic E-state index is 0.161. The van der Waals surface area contributed by atoms with Crippen LogP contribution in [0.25, 0.3) is 0 Å². The second kappa shape index (κ2) is 11.1. The quantitative estimate of drug-likeness (QED) is 0.248. The van der Waals surface area contributed by atoms with Gasteiger partial charge < -0.3 is 9.88 Å². The minimum absolute atomic E-state index is 0.161. The molecular weight excluding hydrogens is 460 g/mol. The van der Waals surface area contributed by atoms with Gasteiger partial charge in [0.05, 0.1) is 6.54 Å². The van der Waals surface area contributed by atoms with Crippen molar-refractivity contribution in [3.63, 3.8) is 0 Å². The highest BCUT2D eigenvalue weighted by Crippen LogP contribution is 2.26. The Morgan fingerprint density at radius 1 is 0.882 bits per heavy atom. The summed E-state index contributed by atoms with van der Waals surface area (Å²) in [7, 11) is 0. The normalized spacial score (nSPS) is 11.5. The molecule has 0 bridgehead atoms. The third-order valence-electron chi connectivity index (χ3n) is 5.72. The van der Waals surface area contributed by atoms with Crippen LogP contribution in [0, 0.1) is 0 Å². The highest BCUT2D eigenvalue weighted by Gasteiger charge is 2.15. The zero-order valence-electron chi connectivity index (χ0n) is 20.0. The van der Waals surface area contributed by atoms with Gasteiger partial charge in [-0.25, -0.2) is 0 Å².